The van der Waals surface area contributed by atoms with Crippen LogP contribution in [0.1, 0.15) is 39.3 Å². The van der Waals surface area contributed by atoms with Crippen molar-refractivity contribution in [2.24, 2.45) is 0 Å². The first-order valence-corrected chi connectivity index (χ1v) is 9.09. The van der Waals surface area contributed by atoms with E-state index in [-0.39, 0.29) is 5.92 Å². The lowest BCUT2D eigenvalue weighted by atomic mass is 9.68. The zero-order valence-corrected chi connectivity index (χ0v) is 14.5. The van der Waals surface area contributed by atoms with E-state index in [1.54, 1.807) is 0 Å². The van der Waals surface area contributed by atoms with Gasteiger partial charge in [0.15, 0.2) is 0 Å². The largest absolute Gasteiger partial charge is 0.0999 e. The van der Waals surface area contributed by atoms with Crippen LogP contribution < -0.4 is 0 Å². The van der Waals surface area contributed by atoms with Gasteiger partial charge in [0.2, 0.25) is 0 Å². The smallest absolute Gasteiger partial charge is 0.00383 e. The van der Waals surface area contributed by atoms with Crippen molar-refractivity contribution in [3.05, 3.63) is 148 Å². The van der Waals surface area contributed by atoms with Crippen LogP contribution in [0, 0.1) is 5.92 Å². The molecule has 0 saturated heterocycles. The fourth-order valence-corrected chi connectivity index (χ4v) is 4.19. The minimum atomic E-state index is 0.274. The summed E-state index contributed by atoms with van der Waals surface area (Å²) < 4.78 is 0. The molecule has 1 aliphatic rings. The fourth-order valence-electron chi connectivity index (χ4n) is 4.19. The number of fused-ring (bicyclic) bond motifs is 2. The number of rotatable bonds is 2. The summed E-state index contributed by atoms with van der Waals surface area (Å²) in [6.45, 7) is 0. The van der Waals surface area contributed by atoms with Gasteiger partial charge in [-0.05, 0) is 11.5 Å². The molecule has 4 aromatic rings. The Morgan fingerprint density at radius 2 is 0.923 bits per heavy atom. The Labute approximate surface area is 154 Å². The molecule has 0 atom stereocenters. The van der Waals surface area contributed by atoms with Gasteiger partial charge in [-0.25, -0.2) is 0 Å². The molecular weight excluding hydrogens is 312 g/mol. The first-order valence-electron chi connectivity index (χ1n) is 9.09. The Bertz CT molecular complexity index is 899. The highest BCUT2D eigenvalue weighted by Gasteiger charge is 2.28. The number of hydrogen-bond donors (Lipinski definition) is 0. The second-order valence-electron chi connectivity index (χ2n) is 6.76. The van der Waals surface area contributed by atoms with Crippen molar-refractivity contribution in [3.8, 4) is 0 Å². The van der Waals surface area contributed by atoms with Gasteiger partial charge in [0.25, 0.3) is 0 Å². The van der Waals surface area contributed by atoms with E-state index in [1.165, 1.54) is 39.3 Å². The second kappa shape index (κ2) is 6.24. The summed E-state index contributed by atoms with van der Waals surface area (Å²) in [7, 11) is 0. The van der Waals surface area contributed by atoms with E-state index >= 15 is 0 Å². The molecule has 0 heterocycles. The molecular formula is C26H19-. The van der Waals surface area contributed by atoms with E-state index in [9.17, 15) is 0 Å². The molecule has 0 amide bonds. The first-order chi connectivity index (χ1) is 12.9. The third-order valence-corrected chi connectivity index (χ3v) is 5.28. The summed E-state index contributed by atoms with van der Waals surface area (Å²) in [6.07, 6.45) is 0. The van der Waals surface area contributed by atoms with Gasteiger partial charge < -0.3 is 0 Å². The van der Waals surface area contributed by atoms with E-state index in [2.05, 4.69) is 109 Å². The predicted molar refractivity (Wildman–Crippen MR) is 107 cm³/mol. The second-order valence-corrected chi connectivity index (χ2v) is 6.76. The van der Waals surface area contributed by atoms with Crippen LogP contribution in [-0.4, -0.2) is 0 Å². The van der Waals surface area contributed by atoms with Gasteiger partial charge in [0.1, 0.15) is 0 Å². The first kappa shape index (κ1) is 15.0. The van der Waals surface area contributed by atoms with Gasteiger partial charge >= 0.3 is 0 Å². The van der Waals surface area contributed by atoms with Crippen LogP contribution in [0.3, 0.4) is 0 Å². The van der Waals surface area contributed by atoms with Gasteiger partial charge in [-0.1, -0.05) is 143 Å². The maximum Gasteiger partial charge on any atom is -0.00383 e. The monoisotopic (exact) mass is 331 g/mol. The highest BCUT2D eigenvalue weighted by atomic mass is 14.4. The van der Waals surface area contributed by atoms with Crippen molar-refractivity contribution < 1.29 is 0 Å². The SMILES string of the molecule is c1ccc([C-]2c3ccccc3C(c3ccccc3)c3ccccc32)cc1. The van der Waals surface area contributed by atoms with Crippen LogP contribution in [0.4, 0.5) is 0 Å². The molecule has 124 valence electrons. The molecule has 26 heavy (non-hydrogen) atoms. The Balaban J connectivity index is 1.80. The molecule has 0 N–H and O–H groups in total. The molecule has 0 aliphatic heterocycles. The molecule has 1 aliphatic carbocycles. The van der Waals surface area contributed by atoms with E-state index in [0.29, 0.717) is 0 Å². The lowest BCUT2D eigenvalue weighted by Gasteiger charge is -2.40. The quantitative estimate of drug-likeness (QED) is 0.338. The van der Waals surface area contributed by atoms with Crippen LogP contribution in [0.15, 0.2) is 109 Å². The van der Waals surface area contributed by atoms with Crippen molar-refractivity contribution in [2.45, 2.75) is 5.92 Å². The summed E-state index contributed by atoms with van der Waals surface area (Å²) in [4.78, 5) is 0. The van der Waals surface area contributed by atoms with E-state index in [0.717, 1.165) is 0 Å². The Kier molecular flexibility index (Phi) is 3.61. The van der Waals surface area contributed by atoms with Gasteiger partial charge in [-0.15, -0.1) is 0 Å². The van der Waals surface area contributed by atoms with Crippen molar-refractivity contribution in [1.82, 2.24) is 0 Å². The molecule has 0 radical (unpaired) electrons. The Hall–Kier alpha value is -3.25. The van der Waals surface area contributed by atoms with E-state index < -0.39 is 0 Å². The van der Waals surface area contributed by atoms with Gasteiger partial charge in [-0.2, -0.15) is 0 Å². The third-order valence-electron chi connectivity index (χ3n) is 5.28. The van der Waals surface area contributed by atoms with Gasteiger partial charge in [-0.3, -0.25) is 0 Å². The molecule has 0 heteroatoms. The molecule has 0 bridgehead atoms. The van der Waals surface area contributed by atoms with Crippen LogP contribution >= 0.6 is 0 Å². The summed E-state index contributed by atoms with van der Waals surface area (Å²) in [5, 5.41) is 0. The molecule has 0 nitrogen and oxygen atoms in total. The summed E-state index contributed by atoms with van der Waals surface area (Å²) in [6, 6.07) is 39.3. The lowest BCUT2D eigenvalue weighted by Crippen LogP contribution is -2.20. The van der Waals surface area contributed by atoms with Gasteiger partial charge in [0.05, 0.1) is 0 Å². The Morgan fingerprint density at radius 1 is 0.462 bits per heavy atom. The maximum atomic E-state index is 2.28. The van der Waals surface area contributed by atoms with Crippen LogP contribution in [-0.2, 0) is 0 Å². The van der Waals surface area contributed by atoms with E-state index in [1.807, 2.05) is 0 Å². The summed E-state index contributed by atoms with van der Waals surface area (Å²) in [5.74, 6) is 1.61. The highest BCUT2D eigenvalue weighted by Crippen LogP contribution is 2.47. The normalized spacial score (nSPS) is 13.2. The zero-order valence-electron chi connectivity index (χ0n) is 14.5. The standard InChI is InChI=1S/C26H19/c1-3-11-19(12-4-1)25-21-15-7-9-17-23(21)26(20-13-5-2-6-14-20)24-18-10-8-16-22(24)25/h1-18,25H/q-1. The molecule has 5 rings (SSSR count). The Morgan fingerprint density at radius 3 is 1.50 bits per heavy atom. The minimum Gasteiger partial charge on any atom is -0.0999 e. The third kappa shape index (κ3) is 2.34. The maximum absolute atomic E-state index is 2.28. The van der Waals surface area contributed by atoms with Crippen molar-refractivity contribution in [3.63, 3.8) is 0 Å². The van der Waals surface area contributed by atoms with Crippen molar-refractivity contribution in [1.29, 1.82) is 0 Å². The molecule has 0 unspecified atom stereocenters. The predicted octanol–water partition coefficient (Wildman–Crippen LogP) is 6.20. The van der Waals surface area contributed by atoms with Gasteiger partial charge in [0, 0.05) is 0 Å². The van der Waals surface area contributed by atoms with Crippen LogP contribution in [0.5, 0.6) is 0 Å². The molecule has 0 spiro atoms. The van der Waals surface area contributed by atoms with E-state index in [4.69, 9.17) is 0 Å². The summed E-state index contributed by atoms with van der Waals surface area (Å²) >= 11 is 0. The lowest BCUT2D eigenvalue weighted by molar-refractivity contribution is 0.907. The molecule has 4 aromatic carbocycles. The van der Waals surface area contributed by atoms with Crippen molar-refractivity contribution in [2.75, 3.05) is 0 Å². The molecule has 0 saturated carbocycles. The molecule has 0 aromatic heterocycles. The number of hydrogen-bond acceptors (Lipinski definition) is 0. The average molecular weight is 331 g/mol. The zero-order chi connectivity index (χ0) is 17.3. The fraction of sp³-hybridized carbons (Fsp3) is 0.0385. The average Bonchev–Trinajstić information content (AvgIpc) is 2.73. The van der Waals surface area contributed by atoms with Crippen LogP contribution in [0.2, 0.25) is 0 Å². The summed E-state index contributed by atoms with van der Waals surface area (Å²) in [5.41, 5.74) is 8.07. The topological polar surface area (TPSA) is 0 Å². The minimum absolute atomic E-state index is 0.274. The van der Waals surface area contributed by atoms with Crippen LogP contribution in [0.25, 0.3) is 0 Å². The number of benzene rings is 4. The molecule has 0 fully saturated rings. The highest BCUT2D eigenvalue weighted by molar-refractivity contribution is 5.69. The van der Waals surface area contributed by atoms with Crippen molar-refractivity contribution >= 4 is 0 Å².